The Hall–Kier alpha value is -2.54. The van der Waals surface area contributed by atoms with Gasteiger partial charge in [0.25, 0.3) is 10.1 Å². The normalized spacial score (nSPS) is 27.2. The molecule has 2 aromatic rings. The van der Waals surface area contributed by atoms with Crippen molar-refractivity contribution in [1.82, 2.24) is 5.32 Å². The predicted octanol–water partition coefficient (Wildman–Crippen LogP) is 3.26. The van der Waals surface area contributed by atoms with Crippen LogP contribution in [0.15, 0.2) is 59.5 Å². The molecule has 1 aliphatic rings. The third kappa shape index (κ3) is 6.36. The van der Waals surface area contributed by atoms with Crippen molar-refractivity contribution in [2.45, 2.75) is 50.1 Å². The molecule has 0 bridgehead atoms. The monoisotopic (exact) mass is 570 g/mol. The number of rotatable bonds is 9. The van der Waals surface area contributed by atoms with Gasteiger partial charge in [-0.3, -0.25) is 14.1 Å². The van der Waals surface area contributed by atoms with Crippen LogP contribution < -0.4 is 11.1 Å². The molecular weight excluding hydrogens is 536 g/mol. The Balaban J connectivity index is 0.000000423. The van der Waals surface area contributed by atoms with E-state index in [1.54, 1.807) is 63.2 Å². The van der Waals surface area contributed by atoms with Crippen molar-refractivity contribution in [3.8, 4) is 0 Å². The molecule has 0 radical (unpaired) electrons. The van der Waals surface area contributed by atoms with Gasteiger partial charge >= 0.3 is 11.9 Å². The zero-order chi connectivity index (χ0) is 28.7. The minimum atomic E-state index is -4.00. The number of nitrogens with one attached hydrogen (secondary N) is 1. The molecule has 38 heavy (non-hydrogen) atoms. The van der Waals surface area contributed by atoms with Gasteiger partial charge in [-0.1, -0.05) is 54.9 Å². The van der Waals surface area contributed by atoms with Crippen LogP contribution in [0.3, 0.4) is 0 Å². The Bertz CT molecular complexity index is 1210. The van der Waals surface area contributed by atoms with Crippen LogP contribution in [-0.2, 0) is 24.4 Å². The summed E-state index contributed by atoms with van der Waals surface area (Å²) in [6, 6.07) is 13.2. The number of carboxylic acids is 2. The Morgan fingerprint density at radius 2 is 1.66 bits per heavy atom. The largest absolute Gasteiger partial charge is 0.481 e. The maximum absolute atomic E-state index is 12.7. The molecule has 12 heteroatoms. The molecule has 5 atom stereocenters. The lowest BCUT2D eigenvalue weighted by molar-refractivity contribution is -0.174. The quantitative estimate of drug-likeness (QED) is 0.222. The van der Waals surface area contributed by atoms with E-state index in [-0.39, 0.29) is 17.9 Å². The van der Waals surface area contributed by atoms with Gasteiger partial charge in [0.15, 0.2) is 0 Å². The highest BCUT2D eigenvalue weighted by atomic mass is 35.5. The molecule has 6 N–H and O–H groups in total. The summed E-state index contributed by atoms with van der Waals surface area (Å²) in [4.78, 5) is 25.1. The Labute approximate surface area is 227 Å². The Kier molecular flexibility index (Phi) is 10.8. The fourth-order valence-electron chi connectivity index (χ4n) is 5.18. The topological polar surface area (TPSA) is 176 Å². The fourth-order valence-corrected chi connectivity index (χ4v) is 5.92. The van der Waals surface area contributed by atoms with Crippen LogP contribution in [0.25, 0.3) is 0 Å². The highest BCUT2D eigenvalue weighted by Crippen LogP contribution is 2.57. The molecule has 0 aliphatic carbocycles. The fraction of sp³-hybridized carbons (Fsp3) is 0.462. The molecule has 3 unspecified atom stereocenters. The van der Waals surface area contributed by atoms with Gasteiger partial charge < -0.3 is 26.0 Å². The molecular formula is C26H35ClN2O8S. The number of halogens is 1. The molecule has 3 rings (SSSR count). The summed E-state index contributed by atoms with van der Waals surface area (Å²) in [6.07, 6.45) is 0.206. The van der Waals surface area contributed by atoms with E-state index in [1.807, 2.05) is 0 Å². The first-order chi connectivity index (χ1) is 17.8. The average molecular weight is 571 g/mol. The highest BCUT2D eigenvalue weighted by molar-refractivity contribution is 7.85. The SMILES string of the molecule is CC[C@]1(C(=O)O)C(c2ccccc2Cl)C(C)(C(=O)O)C(C)N[C@H]1COCCN.O=S(=O)(O)c1ccccc1. The van der Waals surface area contributed by atoms with Gasteiger partial charge in [-0.15, -0.1) is 0 Å². The Morgan fingerprint density at radius 1 is 1.08 bits per heavy atom. The molecule has 0 aromatic heterocycles. The van der Waals surface area contributed by atoms with E-state index in [0.717, 1.165) is 0 Å². The minimum absolute atomic E-state index is 0.0741. The summed E-state index contributed by atoms with van der Waals surface area (Å²) in [5.41, 5.74) is 3.19. The minimum Gasteiger partial charge on any atom is -0.481 e. The molecule has 0 spiro atoms. The number of benzene rings is 2. The van der Waals surface area contributed by atoms with Gasteiger partial charge in [0.2, 0.25) is 0 Å². The first kappa shape index (κ1) is 31.7. The number of hydrogen-bond acceptors (Lipinski definition) is 7. The summed E-state index contributed by atoms with van der Waals surface area (Å²) in [7, 11) is -4.00. The lowest BCUT2D eigenvalue weighted by Gasteiger charge is -2.56. The standard InChI is InChI=1S/C20H29ClN2O5.C6H6O3S/c1-4-20(18(26)27)15(11-28-10-9-22)23-12(2)19(3,17(24)25)16(20)13-7-5-6-8-14(13)21;7-10(8,9)6-4-2-1-3-5-6/h5-8,12,15-16,23H,4,9-11,22H2,1-3H3,(H,24,25)(H,26,27);1-5H,(H,7,8,9)/t12?,15-,16?,19?,20+;/m0./s1. The van der Waals surface area contributed by atoms with E-state index < -0.39 is 50.9 Å². The summed E-state index contributed by atoms with van der Waals surface area (Å²) < 4.78 is 34.8. The van der Waals surface area contributed by atoms with Crippen molar-refractivity contribution in [3.63, 3.8) is 0 Å². The number of aliphatic carboxylic acids is 2. The van der Waals surface area contributed by atoms with Crippen molar-refractivity contribution >= 4 is 33.7 Å². The molecule has 0 amide bonds. The summed E-state index contributed by atoms with van der Waals surface area (Å²) in [6.45, 7) is 5.82. The van der Waals surface area contributed by atoms with Crippen molar-refractivity contribution in [1.29, 1.82) is 0 Å². The predicted molar refractivity (Wildman–Crippen MR) is 143 cm³/mol. The van der Waals surface area contributed by atoms with Gasteiger partial charge in [-0.25, -0.2) is 0 Å². The van der Waals surface area contributed by atoms with Crippen LogP contribution in [0.1, 0.15) is 38.7 Å². The van der Waals surface area contributed by atoms with Crippen LogP contribution in [0.2, 0.25) is 5.02 Å². The average Bonchev–Trinajstić information content (AvgIpc) is 2.87. The van der Waals surface area contributed by atoms with Gasteiger partial charge in [-0.2, -0.15) is 8.42 Å². The molecule has 210 valence electrons. The molecule has 1 fully saturated rings. The van der Waals surface area contributed by atoms with E-state index in [2.05, 4.69) is 5.32 Å². The third-order valence-electron chi connectivity index (χ3n) is 7.34. The molecule has 0 saturated carbocycles. The second-order valence-electron chi connectivity index (χ2n) is 9.33. The first-order valence-corrected chi connectivity index (χ1v) is 13.9. The summed E-state index contributed by atoms with van der Waals surface area (Å²) in [5.74, 6) is -3.01. The number of carboxylic acid groups (broad SMARTS) is 2. The zero-order valence-electron chi connectivity index (χ0n) is 21.5. The Morgan fingerprint density at radius 3 is 2.11 bits per heavy atom. The van der Waals surface area contributed by atoms with Crippen LogP contribution in [0, 0.1) is 10.8 Å². The summed E-state index contributed by atoms with van der Waals surface area (Å²) >= 11 is 6.45. The molecule has 1 heterocycles. The molecule has 2 aromatic carbocycles. The van der Waals surface area contributed by atoms with Crippen LogP contribution >= 0.6 is 11.6 Å². The van der Waals surface area contributed by atoms with E-state index in [0.29, 0.717) is 23.7 Å². The smallest absolute Gasteiger partial charge is 0.311 e. The van der Waals surface area contributed by atoms with Gasteiger partial charge in [0.1, 0.15) is 0 Å². The van der Waals surface area contributed by atoms with Gasteiger partial charge in [0, 0.05) is 29.6 Å². The first-order valence-electron chi connectivity index (χ1n) is 12.1. The van der Waals surface area contributed by atoms with E-state index in [1.165, 1.54) is 12.1 Å². The van der Waals surface area contributed by atoms with Crippen LogP contribution in [0.4, 0.5) is 0 Å². The maximum atomic E-state index is 12.7. The van der Waals surface area contributed by atoms with Gasteiger partial charge in [-0.05, 0) is 44.0 Å². The number of carbonyl (C=O) groups is 2. The van der Waals surface area contributed by atoms with Crippen molar-refractivity contribution in [3.05, 3.63) is 65.2 Å². The number of nitrogens with two attached hydrogens (primary N) is 1. The number of piperidine rings is 1. The second kappa shape index (κ2) is 13.0. The lowest BCUT2D eigenvalue weighted by Crippen LogP contribution is -2.70. The third-order valence-corrected chi connectivity index (χ3v) is 8.55. The van der Waals surface area contributed by atoms with Crippen molar-refractivity contribution in [2.24, 2.45) is 16.6 Å². The molecule has 1 saturated heterocycles. The number of ether oxygens (including phenoxy) is 1. The maximum Gasteiger partial charge on any atom is 0.311 e. The van der Waals surface area contributed by atoms with Crippen LogP contribution in [0.5, 0.6) is 0 Å². The lowest BCUT2D eigenvalue weighted by atomic mass is 9.51. The molecule has 1 aliphatic heterocycles. The van der Waals surface area contributed by atoms with Crippen molar-refractivity contribution in [2.75, 3.05) is 19.8 Å². The zero-order valence-corrected chi connectivity index (χ0v) is 23.1. The summed E-state index contributed by atoms with van der Waals surface area (Å²) in [5, 5.41) is 24.1. The molecule has 10 nitrogen and oxygen atoms in total. The highest BCUT2D eigenvalue weighted by Gasteiger charge is 2.65. The van der Waals surface area contributed by atoms with E-state index in [9.17, 15) is 28.2 Å². The van der Waals surface area contributed by atoms with Crippen molar-refractivity contribution < 1.29 is 37.5 Å². The number of hydrogen-bond donors (Lipinski definition) is 5. The van der Waals surface area contributed by atoms with Crippen LogP contribution in [-0.4, -0.2) is 67.0 Å². The van der Waals surface area contributed by atoms with E-state index in [4.69, 9.17) is 26.6 Å². The van der Waals surface area contributed by atoms with Gasteiger partial charge in [0.05, 0.1) is 28.9 Å². The van der Waals surface area contributed by atoms with E-state index >= 15 is 0 Å². The second-order valence-corrected chi connectivity index (χ2v) is 11.2.